The molecule has 1 unspecified atom stereocenters. The fourth-order valence-electron chi connectivity index (χ4n) is 2.02. The minimum absolute atomic E-state index is 0.0481. The van der Waals surface area contributed by atoms with E-state index in [2.05, 4.69) is 5.32 Å². The number of nitrogens with one attached hydrogen (secondary N) is 1. The highest BCUT2D eigenvalue weighted by molar-refractivity contribution is 6.33. The van der Waals surface area contributed by atoms with E-state index in [1.54, 1.807) is 6.92 Å². The van der Waals surface area contributed by atoms with Gasteiger partial charge in [0.25, 0.3) is 5.69 Å². The molecule has 2 rings (SSSR count). The van der Waals surface area contributed by atoms with Gasteiger partial charge in [0, 0.05) is 12.1 Å². The van der Waals surface area contributed by atoms with Crippen LogP contribution in [0.5, 0.6) is 11.5 Å². The lowest BCUT2D eigenvalue weighted by molar-refractivity contribution is -0.384. The predicted octanol–water partition coefficient (Wildman–Crippen LogP) is 3.83. The zero-order chi connectivity index (χ0) is 15.6. The Morgan fingerprint density at radius 2 is 1.86 bits per heavy atom. The SMILES string of the molecule is CC(Nc1ccc([N+](=O)[O-])cc1Cl)c1c(O)cccc1O. The molecule has 110 valence electrons. The molecular weight excluding hydrogens is 296 g/mol. The van der Waals surface area contributed by atoms with Crippen LogP contribution in [0.25, 0.3) is 0 Å². The Hall–Kier alpha value is -2.47. The quantitative estimate of drug-likeness (QED) is 0.589. The van der Waals surface area contributed by atoms with Crippen LogP contribution in [0.1, 0.15) is 18.5 Å². The van der Waals surface area contributed by atoms with Crippen molar-refractivity contribution in [1.82, 2.24) is 0 Å². The molecule has 0 bridgehead atoms. The molecule has 0 fully saturated rings. The molecule has 6 nitrogen and oxygen atoms in total. The summed E-state index contributed by atoms with van der Waals surface area (Å²) in [6.07, 6.45) is 0. The minimum Gasteiger partial charge on any atom is -0.507 e. The van der Waals surface area contributed by atoms with E-state index >= 15 is 0 Å². The van der Waals surface area contributed by atoms with E-state index < -0.39 is 11.0 Å². The number of benzene rings is 2. The van der Waals surface area contributed by atoms with Crippen LogP contribution in [0.3, 0.4) is 0 Å². The lowest BCUT2D eigenvalue weighted by Gasteiger charge is -2.18. The predicted molar refractivity (Wildman–Crippen MR) is 79.9 cm³/mol. The molecule has 0 saturated heterocycles. The van der Waals surface area contributed by atoms with Gasteiger partial charge in [-0.1, -0.05) is 17.7 Å². The third-order valence-electron chi connectivity index (χ3n) is 3.03. The summed E-state index contributed by atoms with van der Waals surface area (Å²) in [5.41, 5.74) is 0.688. The standard InChI is InChI=1S/C14H13ClN2O4/c1-8(14-12(18)3-2-4-13(14)19)16-11-6-5-9(17(20)21)7-10(11)15/h2-8,16,18-19H,1H3. The summed E-state index contributed by atoms with van der Waals surface area (Å²) < 4.78 is 0. The van der Waals surface area contributed by atoms with Crippen molar-refractivity contribution in [2.24, 2.45) is 0 Å². The normalized spacial score (nSPS) is 11.9. The molecule has 0 aliphatic heterocycles. The number of phenols is 2. The number of rotatable bonds is 4. The van der Waals surface area contributed by atoms with Crippen LogP contribution in [0, 0.1) is 10.1 Å². The molecule has 0 spiro atoms. The van der Waals surface area contributed by atoms with Crippen molar-refractivity contribution in [3.8, 4) is 11.5 Å². The fraction of sp³-hybridized carbons (Fsp3) is 0.143. The van der Waals surface area contributed by atoms with Gasteiger partial charge >= 0.3 is 0 Å². The lowest BCUT2D eigenvalue weighted by atomic mass is 10.1. The molecule has 0 aromatic heterocycles. The number of phenolic OH excluding ortho intramolecular Hbond substituents is 2. The summed E-state index contributed by atoms with van der Waals surface area (Å²) in [7, 11) is 0. The summed E-state index contributed by atoms with van der Waals surface area (Å²) in [6, 6.07) is 8.06. The van der Waals surface area contributed by atoms with Crippen LogP contribution >= 0.6 is 11.6 Å². The van der Waals surface area contributed by atoms with E-state index in [0.29, 0.717) is 11.3 Å². The Kier molecular flexibility index (Phi) is 4.18. The average molecular weight is 309 g/mol. The first kappa shape index (κ1) is 14.9. The molecule has 21 heavy (non-hydrogen) atoms. The van der Waals surface area contributed by atoms with Gasteiger partial charge in [-0.15, -0.1) is 0 Å². The second-order valence-electron chi connectivity index (χ2n) is 4.50. The van der Waals surface area contributed by atoms with E-state index in [1.807, 2.05) is 0 Å². The maximum atomic E-state index is 10.7. The van der Waals surface area contributed by atoms with Crippen LogP contribution in [-0.4, -0.2) is 15.1 Å². The Morgan fingerprint density at radius 3 is 2.38 bits per heavy atom. The van der Waals surface area contributed by atoms with E-state index in [-0.39, 0.29) is 22.2 Å². The Bertz CT molecular complexity index is 670. The number of non-ortho nitro benzene ring substituents is 1. The molecule has 0 heterocycles. The number of halogens is 1. The summed E-state index contributed by atoms with van der Waals surface area (Å²) in [5.74, 6) is -0.0962. The highest BCUT2D eigenvalue weighted by atomic mass is 35.5. The van der Waals surface area contributed by atoms with Crippen molar-refractivity contribution in [1.29, 1.82) is 0 Å². The highest BCUT2D eigenvalue weighted by Crippen LogP contribution is 2.36. The smallest absolute Gasteiger partial charge is 0.271 e. The number of hydrogen-bond acceptors (Lipinski definition) is 5. The van der Waals surface area contributed by atoms with Gasteiger partial charge in [-0.2, -0.15) is 0 Å². The zero-order valence-electron chi connectivity index (χ0n) is 11.1. The topological polar surface area (TPSA) is 95.6 Å². The Morgan fingerprint density at radius 1 is 1.24 bits per heavy atom. The summed E-state index contributed by atoms with van der Waals surface area (Å²) in [4.78, 5) is 10.1. The third-order valence-corrected chi connectivity index (χ3v) is 3.34. The number of aromatic hydroxyl groups is 2. The van der Waals surface area contributed by atoms with E-state index in [0.717, 1.165) is 0 Å². The first-order valence-corrected chi connectivity index (χ1v) is 6.49. The minimum atomic E-state index is -0.534. The molecule has 3 N–H and O–H groups in total. The Labute approximate surface area is 125 Å². The van der Waals surface area contributed by atoms with Crippen LogP contribution in [-0.2, 0) is 0 Å². The monoisotopic (exact) mass is 308 g/mol. The molecule has 0 radical (unpaired) electrons. The lowest BCUT2D eigenvalue weighted by Crippen LogP contribution is -2.07. The van der Waals surface area contributed by atoms with Gasteiger partial charge in [0.2, 0.25) is 0 Å². The molecule has 0 aliphatic rings. The fourth-order valence-corrected chi connectivity index (χ4v) is 2.25. The molecule has 0 aliphatic carbocycles. The second-order valence-corrected chi connectivity index (χ2v) is 4.90. The summed E-state index contributed by atoms with van der Waals surface area (Å²) >= 11 is 5.99. The molecule has 2 aromatic carbocycles. The van der Waals surface area contributed by atoms with E-state index in [9.17, 15) is 20.3 Å². The first-order valence-electron chi connectivity index (χ1n) is 6.11. The maximum Gasteiger partial charge on any atom is 0.271 e. The van der Waals surface area contributed by atoms with Crippen molar-refractivity contribution < 1.29 is 15.1 Å². The van der Waals surface area contributed by atoms with Gasteiger partial charge in [0.15, 0.2) is 0 Å². The molecule has 0 amide bonds. The molecule has 0 saturated carbocycles. The number of hydrogen-bond donors (Lipinski definition) is 3. The van der Waals surface area contributed by atoms with Crippen LogP contribution in [0.4, 0.5) is 11.4 Å². The maximum absolute atomic E-state index is 10.7. The highest BCUT2D eigenvalue weighted by Gasteiger charge is 2.17. The second kappa shape index (κ2) is 5.88. The number of nitro groups is 1. The van der Waals surface area contributed by atoms with Gasteiger partial charge in [0.05, 0.1) is 27.2 Å². The summed E-state index contributed by atoms with van der Waals surface area (Å²) in [6.45, 7) is 1.73. The van der Waals surface area contributed by atoms with Crippen LogP contribution < -0.4 is 5.32 Å². The van der Waals surface area contributed by atoms with Crippen molar-refractivity contribution in [2.45, 2.75) is 13.0 Å². The largest absolute Gasteiger partial charge is 0.507 e. The van der Waals surface area contributed by atoms with E-state index in [4.69, 9.17) is 11.6 Å². The van der Waals surface area contributed by atoms with E-state index in [1.165, 1.54) is 36.4 Å². The first-order chi connectivity index (χ1) is 9.90. The van der Waals surface area contributed by atoms with Gasteiger partial charge < -0.3 is 15.5 Å². The van der Waals surface area contributed by atoms with Crippen LogP contribution in [0.2, 0.25) is 5.02 Å². The van der Waals surface area contributed by atoms with Gasteiger partial charge in [-0.25, -0.2) is 0 Å². The van der Waals surface area contributed by atoms with Crippen molar-refractivity contribution in [3.05, 3.63) is 57.1 Å². The number of nitro benzene ring substituents is 1. The average Bonchev–Trinajstić information content (AvgIpc) is 2.40. The van der Waals surface area contributed by atoms with Crippen molar-refractivity contribution in [3.63, 3.8) is 0 Å². The number of anilines is 1. The Balaban J connectivity index is 2.28. The number of nitrogens with zero attached hydrogens (tertiary/aromatic N) is 1. The van der Waals surface area contributed by atoms with Gasteiger partial charge in [-0.05, 0) is 25.1 Å². The molecule has 7 heteroatoms. The molecule has 1 atom stereocenters. The van der Waals surface area contributed by atoms with Crippen molar-refractivity contribution >= 4 is 23.0 Å². The summed E-state index contributed by atoms with van der Waals surface area (Å²) in [5, 5.41) is 33.5. The van der Waals surface area contributed by atoms with Gasteiger partial charge in [-0.3, -0.25) is 10.1 Å². The van der Waals surface area contributed by atoms with Gasteiger partial charge in [0.1, 0.15) is 11.5 Å². The zero-order valence-corrected chi connectivity index (χ0v) is 11.8. The third kappa shape index (κ3) is 3.17. The molecule has 2 aromatic rings. The molecular formula is C14H13ClN2O4. The van der Waals surface area contributed by atoms with Crippen LogP contribution in [0.15, 0.2) is 36.4 Å². The van der Waals surface area contributed by atoms with Crippen molar-refractivity contribution in [2.75, 3.05) is 5.32 Å².